The Morgan fingerprint density at radius 1 is 0.924 bits per heavy atom. The summed E-state index contributed by atoms with van der Waals surface area (Å²) >= 11 is 0. The Hall–Kier alpha value is -7.54. The minimum atomic E-state index is -1.05. The number of ether oxygens (including phenoxy) is 1. The van der Waals surface area contributed by atoms with Gasteiger partial charge in [-0.15, -0.1) is 10.2 Å². The van der Waals surface area contributed by atoms with Crippen LogP contribution in [0.4, 0.5) is 23.1 Å². The number of hydrogen-bond acceptors (Lipinski definition) is 16. The van der Waals surface area contributed by atoms with E-state index in [4.69, 9.17) is 14.1 Å². The van der Waals surface area contributed by atoms with Crippen molar-refractivity contribution in [3.05, 3.63) is 107 Å². The molecular formula is C47H48N10O9. The van der Waals surface area contributed by atoms with Gasteiger partial charge in [0.1, 0.15) is 17.5 Å². The van der Waals surface area contributed by atoms with Gasteiger partial charge >= 0.3 is 5.97 Å². The summed E-state index contributed by atoms with van der Waals surface area (Å²) in [6.45, 7) is 4.91. The number of nitrogens with one attached hydrogen (secondary N) is 4. The Labute approximate surface area is 378 Å². The number of aliphatic hydroxyl groups excluding tert-OH is 1. The summed E-state index contributed by atoms with van der Waals surface area (Å²) in [6, 6.07) is 18.1. The molecule has 5 aromatic rings. The minimum absolute atomic E-state index is 0.0322. The zero-order valence-corrected chi connectivity index (χ0v) is 36.3. The molecule has 5 amide bonds. The third-order valence-electron chi connectivity index (χ3n) is 12.4. The van der Waals surface area contributed by atoms with Gasteiger partial charge in [0.2, 0.25) is 29.6 Å². The second-order valence-corrected chi connectivity index (χ2v) is 17.2. The van der Waals surface area contributed by atoms with Gasteiger partial charge in [-0.3, -0.25) is 34.2 Å². The Kier molecular flexibility index (Phi) is 12.0. The predicted molar refractivity (Wildman–Crippen MR) is 237 cm³/mol. The number of unbranched alkanes of at least 4 members (excludes halogenated alkanes) is 1. The zero-order chi connectivity index (χ0) is 46.1. The maximum atomic E-state index is 13.4. The fourth-order valence-corrected chi connectivity index (χ4v) is 8.89. The summed E-state index contributed by atoms with van der Waals surface area (Å²) in [5.74, 6) is -1.46. The van der Waals surface area contributed by atoms with E-state index >= 15 is 0 Å². The third-order valence-corrected chi connectivity index (χ3v) is 12.4. The molecule has 0 aliphatic carbocycles. The lowest BCUT2D eigenvalue weighted by atomic mass is 9.95. The van der Waals surface area contributed by atoms with Crippen molar-refractivity contribution < 1.29 is 43.0 Å². The normalized spacial score (nSPS) is 18.4. The predicted octanol–water partition coefficient (Wildman–Crippen LogP) is 5.21. The van der Waals surface area contributed by atoms with Crippen molar-refractivity contribution in [1.82, 2.24) is 35.3 Å². The molecule has 6 heterocycles. The number of rotatable bonds is 15. The van der Waals surface area contributed by atoms with E-state index in [-0.39, 0.29) is 60.2 Å². The van der Waals surface area contributed by atoms with E-state index in [2.05, 4.69) is 36.4 Å². The number of likely N-dealkylation sites (tertiary alicyclic amines) is 1. The quantitative estimate of drug-likeness (QED) is 0.0514. The molecule has 340 valence electrons. The molecule has 0 bridgehead atoms. The lowest BCUT2D eigenvalue weighted by molar-refractivity contribution is -0.136. The molecule has 4 aliphatic rings. The van der Waals surface area contributed by atoms with Gasteiger partial charge in [0.05, 0.1) is 34.9 Å². The Bertz CT molecular complexity index is 2730. The van der Waals surface area contributed by atoms with Gasteiger partial charge in [0.15, 0.2) is 0 Å². The van der Waals surface area contributed by atoms with Crippen LogP contribution in [-0.4, -0.2) is 103 Å². The summed E-state index contributed by atoms with van der Waals surface area (Å²) in [7, 11) is 0. The van der Waals surface area contributed by atoms with Gasteiger partial charge in [-0.2, -0.15) is 4.98 Å². The van der Waals surface area contributed by atoms with Crippen molar-refractivity contribution in [3.63, 3.8) is 0 Å². The highest BCUT2D eigenvalue weighted by atomic mass is 16.6. The van der Waals surface area contributed by atoms with Crippen molar-refractivity contribution in [1.29, 1.82) is 0 Å². The van der Waals surface area contributed by atoms with Crippen LogP contribution in [0.25, 0.3) is 11.5 Å². The molecule has 0 spiro atoms. The Balaban J connectivity index is 0.801. The van der Waals surface area contributed by atoms with Crippen LogP contribution in [0.5, 0.6) is 0 Å². The van der Waals surface area contributed by atoms with Crippen molar-refractivity contribution in [2.75, 3.05) is 42.2 Å². The lowest BCUT2D eigenvalue weighted by Gasteiger charge is -2.30. The number of aromatic nitrogens is 4. The number of carbonyl (C=O) groups excluding carboxylic acids is 6. The van der Waals surface area contributed by atoms with Crippen LogP contribution in [-0.2, 0) is 24.7 Å². The average Bonchev–Trinajstić information content (AvgIpc) is 3.97. The number of piperidine rings is 2. The second-order valence-electron chi connectivity index (χ2n) is 17.2. The number of hydrogen-bond donors (Lipinski definition) is 5. The fourth-order valence-electron chi connectivity index (χ4n) is 8.89. The molecule has 66 heavy (non-hydrogen) atoms. The molecule has 2 saturated heterocycles. The highest BCUT2D eigenvalue weighted by molar-refractivity contribution is 6.25. The Morgan fingerprint density at radius 2 is 1.73 bits per heavy atom. The number of carbonyl (C=O) groups is 6. The molecule has 19 heteroatoms. The number of cyclic esters (lactones) is 1. The van der Waals surface area contributed by atoms with E-state index in [1.165, 1.54) is 0 Å². The van der Waals surface area contributed by atoms with Crippen LogP contribution < -0.4 is 21.3 Å². The maximum Gasteiger partial charge on any atom is 0.339 e. The van der Waals surface area contributed by atoms with Gasteiger partial charge in [-0.05, 0) is 81.8 Å². The van der Waals surface area contributed by atoms with E-state index in [0.717, 1.165) is 16.0 Å². The first-order chi connectivity index (χ1) is 31.9. The van der Waals surface area contributed by atoms with Crippen LogP contribution in [0.15, 0.2) is 77.3 Å². The van der Waals surface area contributed by atoms with Gasteiger partial charge in [0.25, 0.3) is 17.7 Å². The van der Waals surface area contributed by atoms with Crippen molar-refractivity contribution in [3.8, 4) is 11.5 Å². The molecule has 0 radical (unpaired) electrons. The van der Waals surface area contributed by atoms with Gasteiger partial charge < -0.3 is 35.1 Å². The average molecular weight is 897 g/mol. The molecule has 19 nitrogen and oxygen atoms in total. The third kappa shape index (κ3) is 8.68. The largest absolute Gasteiger partial charge is 0.451 e. The van der Waals surface area contributed by atoms with Crippen molar-refractivity contribution >= 4 is 58.6 Å². The number of aliphatic hydroxyl groups is 1. The lowest BCUT2D eigenvalue weighted by Crippen LogP contribution is -2.54. The van der Waals surface area contributed by atoms with Crippen LogP contribution >= 0.6 is 0 Å². The second kappa shape index (κ2) is 18.1. The topological polar surface area (TPSA) is 251 Å². The number of amides is 5. The standard InChI is InChI=1S/C47H48N10O9/c1-47(2)32-23-28(14-15-29(32)45(64)66-47)50-46-49-24-31(39(53-46)51-34(25-58)26-9-4-3-5-10-26)42-55-54-41(65-42)27-18-21-56(22-19-27)37(60)13-6-7-20-48-33-12-8-11-30-38(33)44(63)57(43(30)62)35-16-17-36(59)52-40(35)61/h3-5,8-12,14-15,23-24,27,34-35,48,58H,6-7,13,16-22,25H2,1-2H3,(H,52,59,61)(H2,49,50,51,53)/t34-,35?/m1/s1. The first kappa shape index (κ1) is 43.7. The summed E-state index contributed by atoms with van der Waals surface area (Å²) in [6.07, 6.45) is 4.49. The first-order valence-electron chi connectivity index (χ1n) is 22.0. The van der Waals surface area contributed by atoms with Crippen LogP contribution in [0.3, 0.4) is 0 Å². The summed E-state index contributed by atoms with van der Waals surface area (Å²) in [4.78, 5) is 88.5. The number of nitrogens with zero attached hydrogens (tertiary/aromatic N) is 6. The summed E-state index contributed by atoms with van der Waals surface area (Å²) in [5, 5.41) is 31.2. The SMILES string of the molecule is CC1(C)OC(=O)c2ccc(Nc3ncc(-c4nnc(C5CCN(C(=O)CCCCNc6cccc7c6C(=O)N(C6CCC(=O)NC6=O)C7=O)CC5)o4)c(N[C@H](CO)c4ccccc4)n3)cc21. The van der Waals surface area contributed by atoms with E-state index in [1.54, 1.807) is 36.5 Å². The molecule has 4 aliphatic heterocycles. The minimum Gasteiger partial charge on any atom is -0.451 e. The van der Waals surface area contributed by atoms with Gasteiger partial charge in [-0.1, -0.05) is 36.4 Å². The molecule has 2 atom stereocenters. The number of anilines is 4. The molecule has 1 unspecified atom stereocenters. The zero-order valence-electron chi connectivity index (χ0n) is 36.3. The summed E-state index contributed by atoms with van der Waals surface area (Å²) < 4.78 is 11.8. The molecule has 2 aromatic heterocycles. The number of fused-ring (bicyclic) bond motifs is 2. The molecule has 0 saturated carbocycles. The molecule has 5 N–H and O–H groups in total. The smallest absolute Gasteiger partial charge is 0.339 e. The van der Waals surface area contributed by atoms with E-state index in [1.807, 2.05) is 55.1 Å². The highest BCUT2D eigenvalue weighted by Crippen LogP contribution is 2.39. The van der Waals surface area contributed by atoms with E-state index in [9.17, 15) is 33.9 Å². The van der Waals surface area contributed by atoms with Crippen LogP contribution in [0, 0.1) is 0 Å². The molecule has 3 aromatic carbocycles. The first-order valence-corrected chi connectivity index (χ1v) is 22.0. The van der Waals surface area contributed by atoms with E-state index < -0.39 is 41.3 Å². The number of esters is 1. The molecular weight excluding hydrogens is 849 g/mol. The molecule has 9 rings (SSSR count). The van der Waals surface area contributed by atoms with Crippen LogP contribution in [0.1, 0.15) is 119 Å². The van der Waals surface area contributed by atoms with Crippen molar-refractivity contribution in [2.24, 2.45) is 0 Å². The number of benzene rings is 3. The molecule has 2 fully saturated rings. The van der Waals surface area contributed by atoms with Gasteiger partial charge in [-0.25, -0.2) is 9.78 Å². The van der Waals surface area contributed by atoms with Crippen molar-refractivity contribution in [2.45, 2.75) is 82.4 Å². The fraction of sp³-hybridized carbons (Fsp3) is 0.362. The van der Waals surface area contributed by atoms with Gasteiger partial charge in [0, 0.05) is 61.5 Å². The number of imide groups is 2. The monoisotopic (exact) mass is 896 g/mol. The Morgan fingerprint density at radius 3 is 2.50 bits per heavy atom. The van der Waals surface area contributed by atoms with E-state index in [0.29, 0.717) is 85.9 Å². The van der Waals surface area contributed by atoms with Crippen LogP contribution in [0.2, 0.25) is 0 Å². The summed E-state index contributed by atoms with van der Waals surface area (Å²) in [5.41, 5.74) is 3.23. The highest BCUT2D eigenvalue weighted by Gasteiger charge is 2.46. The maximum absolute atomic E-state index is 13.4.